The molecule has 5 atom stereocenters. The maximum atomic E-state index is 12.0. The molecule has 0 aromatic heterocycles. The van der Waals surface area contributed by atoms with E-state index >= 15 is 0 Å². The number of esters is 1. The molecule has 2 aliphatic rings. The van der Waals surface area contributed by atoms with Gasteiger partial charge in [-0.1, -0.05) is 32.0 Å². The van der Waals surface area contributed by atoms with Crippen LogP contribution in [0.4, 0.5) is 0 Å². The molecule has 0 aliphatic heterocycles. The summed E-state index contributed by atoms with van der Waals surface area (Å²) >= 11 is 0. The second-order valence-corrected chi connectivity index (χ2v) is 7.02. The largest absolute Gasteiger partial charge is 0.466 e. The minimum atomic E-state index is -0.692. The van der Waals surface area contributed by atoms with E-state index in [1.54, 1.807) is 0 Å². The Kier molecular flexibility index (Phi) is 3.80. The molecule has 1 saturated carbocycles. The smallest absolute Gasteiger partial charge is 0.309 e. The van der Waals surface area contributed by atoms with Gasteiger partial charge in [0.25, 0.3) is 0 Å². The summed E-state index contributed by atoms with van der Waals surface area (Å²) < 4.78 is 5.19. The van der Waals surface area contributed by atoms with Gasteiger partial charge < -0.3 is 9.84 Å². The van der Waals surface area contributed by atoms with Gasteiger partial charge in [-0.15, -0.1) is 0 Å². The van der Waals surface area contributed by atoms with Crippen LogP contribution in [0.5, 0.6) is 0 Å². The number of hydrogen-bond donors (Lipinski definition) is 1. The number of aliphatic hydroxyl groups is 1. The van der Waals surface area contributed by atoms with Crippen molar-refractivity contribution in [1.29, 1.82) is 0 Å². The molecule has 22 heavy (non-hydrogen) atoms. The molecule has 1 aromatic rings. The van der Waals surface area contributed by atoms with Gasteiger partial charge in [0.15, 0.2) is 0 Å². The summed E-state index contributed by atoms with van der Waals surface area (Å²) in [6, 6.07) is 6.35. The Morgan fingerprint density at radius 2 is 2.18 bits per heavy atom. The van der Waals surface area contributed by atoms with Crippen molar-refractivity contribution in [2.75, 3.05) is 6.61 Å². The molecule has 1 aromatic carbocycles. The summed E-state index contributed by atoms with van der Waals surface area (Å²) in [5.41, 5.74) is 3.22. The Hall–Kier alpha value is -1.35. The zero-order chi connectivity index (χ0) is 16.1. The van der Waals surface area contributed by atoms with Gasteiger partial charge in [-0.25, -0.2) is 0 Å². The van der Waals surface area contributed by atoms with E-state index in [4.69, 9.17) is 4.74 Å². The van der Waals surface area contributed by atoms with Gasteiger partial charge in [-0.2, -0.15) is 0 Å². The highest BCUT2D eigenvalue weighted by atomic mass is 16.5. The SMILES string of the molecule is CCOC(=O)C1C2Cc3c(cccc3C(C)C(C)(O)CC)C21. The van der Waals surface area contributed by atoms with E-state index in [2.05, 4.69) is 25.1 Å². The first-order valence-corrected chi connectivity index (χ1v) is 8.43. The van der Waals surface area contributed by atoms with Crippen LogP contribution in [0.2, 0.25) is 0 Å². The summed E-state index contributed by atoms with van der Waals surface area (Å²) in [6.45, 7) is 8.35. The van der Waals surface area contributed by atoms with Crippen molar-refractivity contribution in [3.63, 3.8) is 0 Å². The molecule has 5 unspecified atom stereocenters. The Morgan fingerprint density at radius 1 is 1.45 bits per heavy atom. The third kappa shape index (κ3) is 2.26. The second-order valence-electron chi connectivity index (χ2n) is 7.02. The summed E-state index contributed by atoms with van der Waals surface area (Å²) in [5, 5.41) is 10.6. The maximum Gasteiger partial charge on any atom is 0.309 e. The predicted molar refractivity (Wildman–Crippen MR) is 85.8 cm³/mol. The minimum absolute atomic E-state index is 0.0397. The van der Waals surface area contributed by atoms with Crippen molar-refractivity contribution in [2.24, 2.45) is 11.8 Å². The van der Waals surface area contributed by atoms with Crippen LogP contribution in [0.15, 0.2) is 18.2 Å². The molecule has 3 nitrogen and oxygen atoms in total. The lowest BCUT2D eigenvalue weighted by atomic mass is 9.79. The highest BCUT2D eigenvalue weighted by Gasteiger charge is 2.60. The van der Waals surface area contributed by atoms with Crippen molar-refractivity contribution in [1.82, 2.24) is 0 Å². The van der Waals surface area contributed by atoms with E-state index in [0.29, 0.717) is 18.4 Å². The average Bonchev–Trinajstić information content (AvgIpc) is 3.09. The van der Waals surface area contributed by atoms with Gasteiger partial charge in [0.2, 0.25) is 0 Å². The van der Waals surface area contributed by atoms with Crippen molar-refractivity contribution >= 4 is 5.97 Å². The minimum Gasteiger partial charge on any atom is -0.466 e. The quantitative estimate of drug-likeness (QED) is 0.848. The van der Waals surface area contributed by atoms with Gasteiger partial charge in [-0.05, 0) is 49.3 Å². The summed E-state index contributed by atoms with van der Waals surface area (Å²) in [4.78, 5) is 12.0. The highest BCUT2D eigenvalue weighted by Crippen LogP contribution is 2.62. The number of hydrogen-bond acceptors (Lipinski definition) is 3. The molecular formula is C19H26O3. The number of carbonyl (C=O) groups is 1. The van der Waals surface area contributed by atoms with Gasteiger partial charge >= 0.3 is 5.97 Å². The zero-order valence-corrected chi connectivity index (χ0v) is 13.9. The van der Waals surface area contributed by atoms with Crippen LogP contribution in [0.1, 0.15) is 62.6 Å². The molecule has 0 spiro atoms. The fourth-order valence-electron chi connectivity index (χ4n) is 4.07. The Labute approximate surface area is 132 Å². The predicted octanol–water partition coefficient (Wildman–Crippen LogP) is 3.40. The molecule has 0 saturated heterocycles. The highest BCUT2D eigenvalue weighted by molar-refractivity contribution is 5.80. The van der Waals surface area contributed by atoms with Gasteiger partial charge in [0.05, 0.1) is 18.1 Å². The van der Waals surface area contributed by atoms with Crippen LogP contribution < -0.4 is 0 Å². The van der Waals surface area contributed by atoms with Crippen LogP contribution >= 0.6 is 0 Å². The Morgan fingerprint density at radius 3 is 2.82 bits per heavy atom. The normalized spacial score (nSPS) is 29.2. The van der Waals surface area contributed by atoms with Crippen LogP contribution in [0, 0.1) is 11.8 Å². The van der Waals surface area contributed by atoms with Gasteiger partial charge in [-0.3, -0.25) is 4.79 Å². The molecule has 3 heteroatoms. The third-order valence-electron chi connectivity index (χ3n) is 5.89. The van der Waals surface area contributed by atoms with Gasteiger partial charge in [0.1, 0.15) is 0 Å². The molecule has 0 heterocycles. The van der Waals surface area contributed by atoms with Crippen LogP contribution in [0.3, 0.4) is 0 Å². The maximum absolute atomic E-state index is 12.0. The van der Waals surface area contributed by atoms with Crippen LogP contribution in [-0.2, 0) is 16.0 Å². The van der Waals surface area contributed by atoms with Crippen LogP contribution in [0.25, 0.3) is 0 Å². The molecule has 120 valence electrons. The lowest BCUT2D eigenvalue weighted by Gasteiger charge is -2.31. The first-order chi connectivity index (χ1) is 10.4. The average molecular weight is 302 g/mol. The molecule has 0 amide bonds. The summed E-state index contributed by atoms with van der Waals surface area (Å²) in [6.07, 6.45) is 1.68. The summed E-state index contributed by atoms with van der Waals surface area (Å²) in [5.74, 6) is 0.875. The van der Waals surface area contributed by atoms with E-state index < -0.39 is 5.60 Å². The van der Waals surface area contributed by atoms with Crippen molar-refractivity contribution in [3.05, 3.63) is 34.9 Å². The van der Waals surface area contributed by atoms with E-state index in [9.17, 15) is 9.90 Å². The Balaban J connectivity index is 1.86. The number of carbonyl (C=O) groups excluding carboxylic acids is 1. The fourth-order valence-corrected chi connectivity index (χ4v) is 4.07. The van der Waals surface area contributed by atoms with Gasteiger partial charge in [0, 0.05) is 11.8 Å². The van der Waals surface area contributed by atoms with E-state index in [1.807, 2.05) is 20.8 Å². The summed E-state index contributed by atoms with van der Waals surface area (Å²) in [7, 11) is 0. The van der Waals surface area contributed by atoms with Crippen molar-refractivity contribution in [2.45, 2.75) is 58.0 Å². The van der Waals surface area contributed by atoms with E-state index in [-0.39, 0.29) is 17.8 Å². The molecule has 1 fully saturated rings. The molecule has 0 bridgehead atoms. The van der Waals surface area contributed by atoms with E-state index in [1.165, 1.54) is 16.7 Å². The Bertz CT molecular complexity index is 590. The number of fused-ring (bicyclic) bond motifs is 3. The van der Waals surface area contributed by atoms with E-state index in [0.717, 1.165) is 12.8 Å². The molecule has 2 aliphatic carbocycles. The molecule has 0 radical (unpaired) electrons. The molecule has 1 N–H and O–H groups in total. The topological polar surface area (TPSA) is 46.5 Å². The third-order valence-corrected chi connectivity index (χ3v) is 5.89. The lowest BCUT2D eigenvalue weighted by molar-refractivity contribution is -0.145. The number of ether oxygens (including phenoxy) is 1. The van der Waals surface area contributed by atoms with Crippen LogP contribution in [-0.4, -0.2) is 23.3 Å². The molecular weight excluding hydrogens is 276 g/mol. The van der Waals surface area contributed by atoms with Crippen molar-refractivity contribution < 1.29 is 14.6 Å². The van der Waals surface area contributed by atoms with Crippen molar-refractivity contribution in [3.8, 4) is 0 Å². The first kappa shape index (κ1) is 15.5. The second kappa shape index (κ2) is 5.38. The lowest BCUT2D eigenvalue weighted by Crippen LogP contribution is -2.30. The zero-order valence-electron chi connectivity index (χ0n) is 13.9. The monoisotopic (exact) mass is 302 g/mol. The molecule has 3 rings (SSSR count). The fraction of sp³-hybridized carbons (Fsp3) is 0.632. The number of rotatable bonds is 5. The number of benzene rings is 1. The standard InChI is InChI=1S/C19H26O3/c1-5-19(4,21)11(3)12-8-7-9-13-14(12)10-15-16(13)17(15)18(20)22-6-2/h7-9,11,15-17,21H,5-6,10H2,1-4H3. The first-order valence-electron chi connectivity index (χ1n) is 8.43.